The number of nitrogens with zero attached hydrogens (tertiary/aromatic N) is 5. The minimum atomic E-state index is 0.164. The molecule has 3 aromatic rings. The summed E-state index contributed by atoms with van der Waals surface area (Å²) in [6, 6.07) is 16.3. The number of carbonyl (C=O) groups is 1. The molecule has 0 spiro atoms. The average molecular weight is 388 g/mol. The van der Waals surface area contributed by atoms with E-state index in [1.165, 1.54) is 0 Å². The first-order valence-electron chi connectivity index (χ1n) is 10.0. The molecule has 148 valence electrons. The van der Waals surface area contributed by atoms with Crippen molar-refractivity contribution in [2.24, 2.45) is 4.99 Å². The molecule has 1 aliphatic rings. The van der Waals surface area contributed by atoms with Gasteiger partial charge in [0.05, 0.1) is 6.54 Å². The van der Waals surface area contributed by atoms with Crippen molar-refractivity contribution in [2.45, 2.75) is 39.2 Å². The van der Waals surface area contributed by atoms with Gasteiger partial charge in [-0.15, -0.1) is 10.2 Å². The summed E-state index contributed by atoms with van der Waals surface area (Å²) in [7, 11) is 0. The standard InChI is InChI=1S/C22H24N6O/c1-2-3-8-20-23-14-13-21(29)28(20)15-16-9-11-17(12-10-16)18-6-4-5-7-19(18)22-24-26-27-25-22/h4-7,9-12H,2-3,8,13-15H2,1H3,(H,24,25,26,27). The molecule has 0 aliphatic carbocycles. The zero-order valence-corrected chi connectivity index (χ0v) is 16.5. The van der Waals surface area contributed by atoms with Crippen molar-refractivity contribution in [3.05, 3.63) is 54.1 Å². The third kappa shape index (κ3) is 4.23. The number of amidine groups is 1. The van der Waals surface area contributed by atoms with Crippen molar-refractivity contribution in [1.29, 1.82) is 0 Å². The molecule has 0 saturated carbocycles. The number of aromatic nitrogens is 4. The molecule has 1 amide bonds. The number of aromatic amines is 1. The molecule has 0 bridgehead atoms. The number of carbonyl (C=O) groups excluding carboxylic acids is 1. The Hall–Kier alpha value is -3.35. The summed E-state index contributed by atoms with van der Waals surface area (Å²) in [5, 5.41) is 14.4. The molecular formula is C22H24N6O. The van der Waals surface area contributed by atoms with E-state index < -0.39 is 0 Å². The molecule has 2 aromatic carbocycles. The second-order valence-corrected chi connectivity index (χ2v) is 7.11. The summed E-state index contributed by atoms with van der Waals surface area (Å²) in [6.07, 6.45) is 3.49. The van der Waals surface area contributed by atoms with Gasteiger partial charge in [0.15, 0.2) is 0 Å². The summed E-state index contributed by atoms with van der Waals surface area (Å²) >= 11 is 0. The van der Waals surface area contributed by atoms with Gasteiger partial charge in [0.25, 0.3) is 0 Å². The van der Waals surface area contributed by atoms with Crippen LogP contribution >= 0.6 is 0 Å². The Bertz CT molecular complexity index is 994. The van der Waals surface area contributed by atoms with Gasteiger partial charge in [-0.3, -0.25) is 14.7 Å². The van der Waals surface area contributed by atoms with Crippen LogP contribution in [0.2, 0.25) is 0 Å². The minimum absolute atomic E-state index is 0.164. The summed E-state index contributed by atoms with van der Waals surface area (Å²) in [5.41, 5.74) is 4.12. The van der Waals surface area contributed by atoms with Gasteiger partial charge in [-0.2, -0.15) is 5.21 Å². The lowest BCUT2D eigenvalue weighted by atomic mass is 9.98. The maximum Gasteiger partial charge on any atom is 0.230 e. The van der Waals surface area contributed by atoms with Crippen LogP contribution in [0.15, 0.2) is 53.5 Å². The molecule has 0 radical (unpaired) electrons. The first kappa shape index (κ1) is 19.0. The zero-order chi connectivity index (χ0) is 20.1. The van der Waals surface area contributed by atoms with Crippen molar-refractivity contribution in [1.82, 2.24) is 25.5 Å². The molecule has 2 heterocycles. The molecule has 1 aliphatic heterocycles. The highest BCUT2D eigenvalue weighted by molar-refractivity contribution is 6.00. The summed E-state index contributed by atoms with van der Waals surface area (Å²) in [6.45, 7) is 3.33. The molecule has 0 atom stereocenters. The lowest BCUT2D eigenvalue weighted by molar-refractivity contribution is -0.128. The van der Waals surface area contributed by atoms with Gasteiger partial charge >= 0.3 is 0 Å². The maximum absolute atomic E-state index is 12.5. The average Bonchev–Trinajstić information content (AvgIpc) is 3.29. The third-order valence-electron chi connectivity index (χ3n) is 5.11. The van der Waals surface area contributed by atoms with Crippen LogP contribution in [0.25, 0.3) is 22.5 Å². The molecule has 7 nitrogen and oxygen atoms in total. The topological polar surface area (TPSA) is 87.1 Å². The number of H-pyrrole nitrogens is 1. The SMILES string of the molecule is CCCCC1=NCCC(=O)N1Cc1ccc(-c2ccccc2-c2nn[nH]n2)cc1. The van der Waals surface area contributed by atoms with Crippen LogP contribution in [0.5, 0.6) is 0 Å². The highest BCUT2D eigenvalue weighted by Gasteiger charge is 2.22. The quantitative estimate of drug-likeness (QED) is 0.666. The first-order valence-corrected chi connectivity index (χ1v) is 10.0. The van der Waals surface area contributed by atoms with Gasteiger partial charge in [-0.1, -0.05) is 61.9 Å². The largest absolute Gasteiger partial charge is 0.296 e. The molecular weight excluding hydrogens is 364 g/mol. The van der Waals surface area contributed by atoms with Crippen molar-refractivity contribution in [3.8, 4) is 22.5 Å². The fourth-order valence-electron chi connectivity index (χ4n) is 3.55. The van der Waals surface area contributed by atoms with E-state index in [0.29, 0.717) is 25.3 Å². The van der Waals surface area contributed by atoms with E-state index in [0.717, 1.165) is 47.4 Å². The molecule has 0 saturated heterocycles. The van der Waals surface area contributed by atoms with Crippen molar-refractivity contribution in [2.75, 3.05) is 6.54 Å². The number of benzene rings is 2. The Kier molecular flexibility index (Phi) is 5.74. The summed E-state index contributed by atoms with van der Waals surface area (Å²) in [5.74, 6) is 1.66. The number of nitrogens with one attached hydrogen (secondary N) is 1. The smallest absolute Gasteiger partial charge is 0.230 e. The van der Waals surface area contributed by atoms with E-state index in [1.54, 1.807) is 0 Å². The van der Waals surface area contributed by atoms with Crippen LogP contribution in [0.4, 0.5) is 0 Å². The highest BCUT2D eigenvalue weighted by Crippen LogP contribution is 2.30. The summed E-state index contributed by atoms with van der Waals surface area (Å²) in [4.78, 5) is 18.9. The Labute approximate surface area is 169 Å². The van der Waals surface area contributed by atoms with E-state index in [2.05, 4.69) is 56.8 Å². The lowest BCUT2D eigenvalue weighted by Crippen LogP contribution is -2.39. The zero-order valence-electron chi connectivity index (χ0n) is 16.5. The Morgan fingerprint density at radius 3 is 2.59 bits per heavy atom. The number of unbranched alkanes of at least 4 members (excludes halogenated alkanes) is 1. The van der Waals surface area contributed by atoms with Crippen LogP contribution < -0.4 is 0 Å². The Morgan fingerprint density at radius 1 is 1.07 bits per heavy atom. The number of aliphatic imine (C=N–C) groups is 1. The van der Waals surface area contributed by atoms with Gasteiger partial charge in [-0.05, 0) is 28.3 Å². The fourth-order valence-corrected chi connectivity index (χ4v) is 3.55. The summed E-state index contributed by atoms with van der Waals surface area (Å²) < 4.78 is 0. The van der Waals surface area contributed by atoms with Gasteiger partial charge in [-0.25, -0.2) is 0 Å². The van der Waals surface area contributed by atoms with E-state index in [1.807, 2.05) is 29.2 Å². The maximum atomic E-state index is 12.5. The van der Waals surface area contributed by atoms with Gasteiger partial charge in [0.1, 0.15) is 5.84 Å². The van der Waals surface area contributed by atoms with Crippen molar-refractivity contribution < 1.29 is 4.79 Å². The number of hydrogen-bond donors (Lipinski definition) is 1. The van der Waals surface area contributed by atoms with E-state index in [9.17, 15) is 4.79 Å². The molecule has 1 aromatic heterocycles. The van der Waals surface area contributed by atoms with Crippen LogP contribution in [0, 0.1) is 0 Å². The second-order valence-electron chi connectivity index (χ2n) is 7.11. The monoisotopic (exact) mass is 388 g/mol. The number of hydrogen-bond acceptors (Lipinski definition) is 5. The molecule has 0 fully saturated rings. The van der Waals surface area contributed by atoms with Crippen LogP contribution in [-0.4, -0.2) is 43.8 Å². The second kappa shape index (κ2) is 8.77. The molecule has 29 heavy (non-hydrogen) atoms. The number of rotatable bonds is 7. The lowest BCUT2D eigenvalue weighted by Gasteiger charge is -2.28. The number of tetrazole rings is 1. The number of amides is 1. The van der Waals surface area contributed by atoms with E-state index >= 15 is 0 Å². The van der Waals surface area contributed by atoms with Gasteiger partial charge < -0.3 is 0 Å². The molecule has 0 unspecified atom stereocenters. The van der Waals surface area contributed by atoms with Crippen LogP contribution in [-0.2, 0) is 11.3 Å². The highest BCUT2D eigenvalue weighted by atomic mass is 16.2. The predicted octanol–water partition coefficient (Wildman–Crippen LogP) is 3.85. The molecule has 1 N–H and O–H groups in total. The van der Waals surface area contributed by atoms with Gasteiger partial charge in [0, 0.05) is 24.9 Å². The molecule has 4 rings (SSSR count). The van der Waals surface area contributed by atoms with E-state index in [4.69, 9.17) is 0 Å². The van der Waals surface area contributed by atoms with Crippen LogP contribution in [0.3, 0.4) is 0 Å². The predicted molar refractivity (Wildman–Crippen MR) is 112 cm³/mol. The van der Waals surface area contributed by atoms with Crippen molar-refractivity contribution in [3.63, 3.8) is 0 Å². The van der Waals surface area contributed by atoms with Crippen LogP contribution in [0.1, 0.15) is 38.2 Å². The first-order chi connectivity index (χ1) is 14.3. The fraction of sp³-hybridized carbons (Fsp3) is 0.318. The molecule has 7 heteroatoms. The Morgan fingerprint density at radius 2 is 1.86 bits per heavy atom. The van der Waals surface area contributed by atoms with Crippen molar-refractivity contribution >= 4 is 11.7 Å². The third-order valence-corrected chi connectivity index (χ3v) is 5.11. The Balaban J connectivity index is 1.55. The minimum Gasteiger partial charge on any atom is -0.296 e. The van der Waals surface area contributed by atoms with Gasteiger partial charge in [0.2, 0.25) is 11.7 Å². The van der Waals surface area contributed by atoms with E-state index in [-0.39, 0.29) is 5.91 Å². The normalized spacial score (nSPS) is 14.2.